The summed E-state index contributed by atoms with van der Waals surface area (Å²) in [6, 6.07) is 12.7. The van der Waals surface area contributed by atoms with Crippen LogP contribution in [0.2, 0.25) is 0 Å². The maximum atomic E-state index is 13.2. The largest absolute Gasteiger partial charge is 0.497 e. The van der Waals surface area contributed by atoms with Gasteiger partial charge < -0.3 is 24.8 Å². The minimum absolute atomic E-state index is 0.0325. The predicted octanol–water partition coefficient (Wildman–Crippen LogP) is 5.37. The molecule has 236 valence electrons. The van der Waals surface area contributed by atoms with Gasteiger partial charge in [-0.2, -0.15) is 0 Å². The molecule has 13 heteroatoms. The highest BCUT2D eigenvalue weighted by Gasteiger charge is 2.27. The fourth-order valence-electron chi connectivity index (χ4n) is 5.10. The fourth-order valence-corrected chi connectivity index (χ4v) is 7.16. The normalized spacial score (nSPS) is 12.3. The van der Waals surface area contributed by atoms with Crippen molar-refractivity contribution >= 4 is 45.9 Å². The Morgan fingerprint density at radius 1 is 1.02 bits per heavy atom. The second-order valence-electron chi connectivity index (χ2n) is 10.3. The maximum absolute atomic E-state index is 13.2. The van der Waals surface area contributed by atoms with Gasteiger partial charge >= 0.3 is 5.97 Å². The standard InChI is InChI=1S/C32H35N5O6S2/c1-5-43-31(40)28-24-11-6-7-12-25(24)45-30(28)34-27(38)18-44-32-36-35-26(37(32)21-10-8-9-19(2)13-21)17-33-29(39)20-14-22(41-3)16-23(15-20)42-4/h8-10,13-16H,5-7,11-12,17-18H2,1-4H3,(H,33,39)(H,34,38). The molecule has 5 rings (SSSR count). The van der Waals surface area contributed by atoms with Crippen LogP contribution in [0.25, 0.3) is 5.69 Å². The summed E-state index contributed by atoms with van der Waals surface area (Å²) in [5, 5.41) is 15.6. The molecule has 0 saturated carbocycles. The van der Waals surface area contributed by atoms with Crippen molar-refractivity contribution in [1.29, 1.82) is 0 Å². The van der Waals surface area contributed by atoms with E-state index in [0.717, 1.165) is 47.4 Å². The Hall–Kier alpha value is -4.36. The van der Waals surface area contributed by atoms with Crippen LogP contribution in [0.4, 0.5) is 5.00 Å². The molecule has 2 heterocycles. The number of anilines is 1. The van der Waals surface area contributed by atoms with Gasteiger partial charge in [0.2, 0.25) is 5.91 Å². The number of carbonyl (C=O) groups is 3. The third-order valence-corrected chi connectivity index (χ3v) is 9.35. The number of aryl methyl sites for hydroxylation is 2. The first kappa shape index (κ1) is 32.0. The number of benzene rings is 2. The van der Waals surface area contributed by atoms with E-state index in [9.17, 15) is 14.4 Å². The number of nitrogens with one attached hydrogen (secondary N) is 2. The van der Waals surface area contributed by atoms with E-state index in [-0.39, 0.29) is 30.7 Å². The first-order valence-corrected chi connectivity index (χ1v) is 16.4. The molecule has 11 nitrogen and oxygen atoms in total. The summed E-state index contributed by atoms with van der Waals surface area (Å²) < 4.78 is 17.7. The number of carbonyl (C=O) groups excluding carboxylic acids is 3. The number of thioether (sulfide) groups is 1. The highest BCUT2D eigenvalue weighted by Crippen LogP contribution is 2.39. The molecule has 1 aliphatic rings. The lowest BCUT2D eigenvalue weighted by Gasteiger charge is -2.13. The zero-order valence-corrected chi connectivity index (χ0v) is 27.2. The lowest BCUT2D eigenvalue weighted by atomic mass is 9.95. The smallest absolute Gasteiger partial charge is 0.341 e. The Balaban J connectivity index is 1.34. The summed E-state index contributed by atoms with van der Waals surface area (Å²) in [7, 11) is 3.04. The van der Waals surface area contributed by atoms with Gasteiger partial charge in [-0.3, -0.25) is 14.2 Å². The molecule has 0 atom stereocenters. The Morgan fingerprint density at radius 2 is 1.78 bits per heavy atom. The first-order valence-electron chi connectivity index (χ1n) is 14.6. The number of amides is 2. The molecule has 0 radical (unpaired) electrons. The maximum Gasteiger partial charge on any atom is 0.341 e. The second-order valence-corrected chi connectivity index (χ2v) is 12.4. The number of nitrogens with zero attached hydrogens (tertiary/aromatic N) is 3. The van der Waals surface area contributed by atoms with Gasteiger partial charge in [0, 0.05) is 22.2 Å². The van der Waals surface area contributed by atoms with E-state index in [1.54, 1.807) is 25.1 Å². The summed E-state index contributed by atoms with van der Waals surface area (Å²) in [6.45, 7) is 4.09. The van der Waals surface area contributed by atoms with Crippen molar-refractivity contribution in [3.05, 3.63) is 75.4 Å². The minimum Gasteiger partial charge on any atom is -0.497 e. The Labute approximate surface area is 269 Å². The number of rotatable bonds is 12. The Morgan fingerprint density at radius 3 is 2.49 bits per heavy atom. The van der Waals surface area contributed by atoms with Gasteiger partial charge in [0.15, 0.2) is 11.0 Å². The van der Waals surface area contributed by atoms with E-state index < -0.39 is 5.97 Å². The van der Waals surface area contributed by atoms with Crippen molar-refractivity contribution in [2.75, 3.05) is 31.9 Å². The van der Waals surface area contributed by atoms with Crippen LogP contribution in [0.1, 0.15) is 62.3 Å². The lowest BCUT2D eigenvalue weighted by molar-refractivity contribution is -0.113. The molecule has 2 aromatic heterocycles. The molecule has 0 bridgehead atoms. The molecule has 0 spiro atoms. The first-order chi connectivity index (χ1) is 21.8. The number of aromatic nitrogens is 3. The second kappa shape index (κ2) is 14.6. The average Bonchev–Trinajstić information content (AvgIpc) is 3.63. The van der Waals surface area contributed by atoms with Gasteiger partial charge in [0.05, 0.1) is 38.7 Å². The minimum atomic E-state index is -0.405. The summed E-state index contributed by atoms with van der Waals surface area (Å²) in [5.41, 5.74) is 3.67. The summed E-state index contributed by atoms with van der Waals surface area (Å²) >= 11 is 2.67. The molecule has 4 aromatic rings. The third-order valence-electron chi connectivity index (χ3n) is 7.22. The van der Waals surface area contributed by atoms with Gasteiger partial charge in [-0.15, -0.1) is 21.5 Å². The van der Waals surface area contributed by atoms with Gasteiger partial charge in [0.25, 0.3) is 5.91 Å². The van der Waals surface area contributed by atoms with Gasteiger partial charge in [-0.1, -0.05) is 23.9 Å². The van der Waals surface area contributed by atoms with Crippen LogP contribution in [0.15, 0.2) is 47.6 Å². The van der Waals surface area contributed by atoms with Crippen LogP contribution < -0.4 is 20.1 Å². The predicted molar refractivity (Wildman–Crippen MR) is 173 cm³/mol. The SMILES string of the molecule is CCOC(=O)c1c(NC(=O)CSc2nnc(CNC(=O)c3cc(OC)cc(OC)c3)n2-c2cccc(C)c2)sc2c1CCCC2. The van der Waals surface area contributed by atoms with Gasteiger partial charge in [-0.05, 0) is 74.9 Å². The number of esters is 1. The molecule has 2 N–H and O–H groups in total. The Kier molecular flexibility index (Phi) is 10.4. The summed E-state index contributed by atoms with van der Waals surface area (Å²) in [6.07, 6.45) is 3.75. The van der Waals surface area contributed by atoms with Crippen LogP contribution in [-0.2, 0) is 28.9 Å². The number of fused-ring (bicyclic) bond motifs is 1. The third kappa shape index (κ3) is 7.48. The molecular formula is C32H35N5O6S2. The molecule has 0 saturated heterocycles. The Bertz CT molecular complexity index is 1690. The highest BCUT2D eigenvalue weighted by atomic mass is 32.2. The van der Waals surface area contributed by atoms with Crippen LogP contribution in [-0.4, -0.2) is 59.1 Å². The van der Waals surface area contributed by atoms with Crippen molar-refractivity contribution in [1.82, 2.24) is 20.1 Å². The molecule has 0 aliphatic heterocycles. The number of methoxy groups -OCH3 is 2. The van der Waals surface area contributed by atoms with Crippen molar-refractivity contribution in [3.8, 4) is 17.2 Å². The van der Waals surface area contributed by atoms with Crippen molar-refractivity contribution in [3.63, 3.8) is 0 Å². The quantitative estimate of drug-likeness (QED) is 0.153. The molecule has 0 fully saturated rings. The van der Waals surface area contributed by atoms with Crippen LogP contribution in [0.5, 0.6) is 11.5 Å². The monoisotopic (exact) mass is 649 g/mol. The molecule has 1 aliphatic carbocycles. The van der Waals surface area contributed by atoms with E-state index >= 15 is 0 Å². The van der Waals surface area contributed by atoms with Crippen molar-refractivity contribution in [2.45, 2.75) is 51.2 Å². The molecule has 2 aromatic carbocycles. The van der Waals surface area contributed by atoms with Gasteiger partial charge in [-0.25, -0.2) is 4.79 Å². The van der Waals surface area contributed by atoms with Crippen molar-refractivity contribution < 1.29 is 28.6 Å². The average molecular weight is 650 g/mol. The van der Waals surface area contributed by atoms with E-state index in [2.05, 4.69) is 20.8 Å². The topological polar surface area (TPSA) is 134 Å². The molecule has 0 unspecified atom stereocenters. The summed E-state index contributed by atoms with van der Waals surface area (Å²) in [4.78, 5) is 40.2. The van der Waals surface area contributed by atoms with E-state index in [4.69, 9.17) is 14.2 Å². The van der Waals surface area contributed by atoms with Crippen LogP contribution >= 0.6 is 23.1 Å². The van der Waals surface area contributed by atoms with Crippen LogP contribution in [0, 0.1) is 6.92 Å². The van der Waals surface area contributed by atoms with E-state index in [1.807, 2.05) is 35.8 Å². The van der Waals surface area contributed by atoms with E-state index in [1.165, 1.54) is 37.3 Å². The van der Waals surface area contributed by atoms with Crippen molar-refractivity contribution in [2.24, 2.45) is 0 Å². The number of hydrogen-bond donors (Lipinski definition) is 2. The zero-order valence-electron chi connectivity index (χ0n) is 25.6. The fraction of sp³-hybridized carbons (Fsp3) is 0.344. The summed E-state index contributed by atoms with van der Waals surface area (Å²) in [5.74, 6) is 0.499. The van der Waals surface area contributed by atoms with E-state index in [0.29, 0.717) is 38.6 Å². The number of thiophene rings is 1. The van der Waals surface area contributed by atoms with Gasteiger partial charge in [0.1, 0.15) is 16.5 Å². The van der Waals surface area contributed by atoms with Crippen LogP contribution in [0.3, 0.4) is 0 Å². The zero-order chi connectivity index (χ0) is 31.9. The number of hydrogen-bond acceptors (Lipinski definition) is 10. The molecular weight excluding hydrogens is 615 g/mol. The molecule has 2 amide bonds. The highest BCUT2D eigenvalue weighted by molar-refractivity contribution is 7.99. The molecule has 45 heavy (non-hydrogen) atoms. The number of ether oxygens (including phenoxy) is 3. The lowest BCUT2D eigenvalue weighted by Crippen LogP contribution is -2.24.